The van der Waals surface area contributed by atoms with Crippen molar-refractivity contribution in [2.75, 3.05) is 7.11 Å². The third-order valence-electron chi connectivity index (χ3n) is 2.37. The number of aromatic carboxylic acids is 1. The Labute approximate surface area is 102 Å². The largest absolute Gasteiger partial charge is 0.497 e. The van der Waals surface area contributed by atoms with Crippen LogP contribution in [-0.2, 0) is 0 Å². The topological polar surface area (TPSA) is 81.4 Å². The highest BCUT2D eigenvalue weighted by Gasteiger charge is 2.08. The second kappa shape index (κ2) is 4.70. The number of aromatic nitrogens is 2. The third kappa shape index (κ3) is 2.22. The van der Waals surface area contributed by atoms with Gasteiger partial charge >= 0.3 is 11.7 Å². The van der Waals surface area contributed by atoms with E-state index in [1.807, 2.05) is 0 Å². The number of rotatable bonds is 3. The number of nitrogens with zero attached hydrogens (tertiary/aromatic N) is 2. The molecule has 0 radical (unpaired) electrons. The number of carbonyl (C=O) groups is 1. The number of benzene rings is 1. The summed E-state index contributed by atoms with van der Waals surface area (Å²) < 4.78 is 6.20. The van der Waals surface area contributed by atoms with Crippen LogP contribution < -0.4 is 10.4 Å². The molecule has 6 nitrogen and oxygen atoms in total. The Balaban J connectivity index is 2.58. The molecule has 0 fully saturated rings. The molecular weight excluding hydrogens is 236 g/mol. The van der Waals surface area contributed by atoms with Crippen molar-refractivity contribution in [3.63, 3.8) is 0 Å². The first-order valence-corrected chi connectivity index (χ1v) is 5.08. The van der Waals surface area contributed by atoms with Gasteiger partial charge in [-0.1, -0.05) is 6.07 Å². The zero-order valence-electron chi connectivity index (χ0n) is 9.53. The Bertz CT molecular complexity index is 649. The van der Waals surface area contributed by atoms with E-state index in [1.54, 1.807) is 24.3 Å². The van der Waals surface area contributed by atoms with Gasteiger partial charge in [-0.05, 0) is 12.1 Å². The summed E-state index contributed by atoms with van der Waals surface area (Å²) in [6, 6.07) is 6.71. The highest BCUT2D eigenvalue weighted by atomic mass is 16.5. The van der Waals surface area contributed by atoms with Gasteiger partial charge in [-0.25, -0.2) is 14.6 Å². The number of carboxylic acid groups (broad SMARTS) is 1. The summed E-state index contributed by atoms with van der Waals surface area (Å²) in [4.78, 5) is 26.0. The molecule has 0 atom stereocenters. The first kappa shape index (κ1) is 11.8. The molecule has 0 spiro atoms. The molecule has 2 rings (SSSR count). The maximum absolute atomic E-state index is 11.6. The zero-order valence-corrected chi connectivity index (χ0v) is 9.53. The monoisotopic (exact) mass is 246 g/mol. The summed E-state index contributed by atoms with van der Waals surface area (Å²) in [5, 5.41) is 8.87. The zero-order chi connectivity index (χ0) is 13.1. The number of hydrogen-bond donors (Lipinski definition) is 1. The summed E-state index contributed by atoms with van der Waals surface area (Å²) in [5.74, 6) is -0.570. The average Bonchev–Trinajstić information content (AvgIpc) is 2.39. The van der Waals surface area contributed by atoms with E-state index in [1.165, 1.54) is 13.3 Å². The fourth-order valence-electron chi connectivity index (χ4n) is 1.47. The molecule has 0 saturated heterocycles. The minimum atomic E-state index is -1.14. The molecule has 1 N–H and O–H groups in total. The molecular formula is C12H10N2O4. The molecule has 0 aliphatic carbocycles. The van der Waals surface area contributed by atoms with Crippen LogP contribution in [0, 0.1) is 0 Å². The van der Waals surface area contributed by atoms with Crippen molar-refractivity contribution < 1.29 is 14.6 Å². The Morgan fingerprint density at radius 3 is 2.89 bits per heavy atom. The van der Waals surface area contributed by atoms with Gasteiger partial charge in [0.1, 0.15) is 5.75 Å². The molecule has 0 unspecified atom stereocenters. The molecule has 6 heteroatoms. The van der Waals surface area contributed by atoms with Crippen molar-refractivity contribution in [3.8, 4) is 11.4 Å². The fraction of sp³-hybridized carbons (Fsp3) is 0.0833. The Morgan fingerprint density at radius 1 is 1.44 bits per heavy atom. The van der Waals surface area contributed by atoms with Gasteiger partial charge in [0.25, 0.3) is 0 Å². The van der Waals surface area contributed by atoms with E-state index in [0.717, 1.165) is 10.8 Å². The van der Waals surface area contributed by atoms with Gasteiger partial charge in [0, 0.05) is 18.5 Å². The second-order valence-corrected chi connectivity index (χ2v) is 3.50. The summed E-state index contributed by atoms with van der Waals surface area (Å²) in [7, 11) is 1.51. The van der Waals surface area contributed by atoms with Gasteiger partial charge in [0.05, 0.1) is 18.4 Å². The molecule has 0 bridgehead atoms. The molecule has 0 aliphatic heterocycles. The van der Waals surface area contributed by atoms with E-state index < -0.39 is 11.7 Å². The van der Waals surface area contributed by atoms with Crippen LogP contribution in [0.25, 0.3) is 5.69 Å². The van der Waals surface area contributed by atoms with Crippen LogP contribution in [0.1, 0.15) is 10.4 Å². The highest BCUT2D eigenvalue weighted by molar-refractivity contribution is 5.86. The van der Waals surface area contributed by atoms with E-state index in [4.69, 9.17) is 9.84 Å². The number of ether oxygens (including phenoxy) is 1. The van der Waals surface area contributed by atoms with Crippen molar-refractivity contribution in [2.24, 2.45) is 0 Å². The summed E-state index contributed by atoms with van der Waals surface area (Å²) in [6.07, 6.45) is 2.26. The van der Waals surface area contributed by atoms with Crippen molar-refractivity contribution in [3.05, 3.63) is 52.7 Å². The number of carboxylic acids is 1. The number of methoxy groups -OCH3 is 1. The van der Waals surface area contributed by atoms with Crippen LogP contribution in [0.15, 0.2) is 41.5 Å². The lowest BCUT2D eigenvalue weighted by atomic mass is 10.3. The van der Waals surface area contributed by atoms with Crippen molar-refractivity contribution in [2.45, 2.75) is 0 Å². The Hall–Kier alpha value is -2.63. The van der Waals surface area contributed by atoms with Crippen molar-refractivity contribution >= 4 is 5.97 Å². The first-order valence-electron chi connectivity index (χ1n) is 5.08. The lowest BCUT2D eigenvalue weighted by Crippen LogP contribution is -2.22. The van der Waals surface area contributed by atoms with Crippen molar-refractivity contribution in [1.29, 1.82) is 0 Å². The van der Waals surface area contributed by atoms with E-state index in [2.05, 4.69) is 4.98 Å². The Morgan fingerprint density at radius 2 is 2.22 bits per heavy atom. The van der Waals surface area contributed by atoms with Gasteiger partial charge in [-0.15, -0.1) is 0 Å². The second-order valence-electron chi connectivity index (χ2n) is 3.50. The van der Waals surface area contributed by atoms with Crippen LogP contribution in [-0.4, -0.2) is 27.7 Å². The molecule has 92 valence electrons. The van der Waals surface area contributed by atoms with Crippen LogP contribution in [0.5, 0.6) is 5.75 Å². The van der Waals surface area contributed by atoms with Crippen LogP contribution in [0.4, 0.5) is 0 Å². The summed E-state index contributed by atoms with van der Waals surface area (Å²) in [5.41, 5.74) is -0.111. The maximum atomic E-state index is 11.6. The molecule has 18 heavy (non-hydrogen) atoms. The lowest BCUT2D eigenvalue weighted by Gasteiger charge is -2.07. The lowest BCUT2D eigenvalue weighted by molar-refractivity contribution is 0.0695. The first-order chi connectivity index (χ1) is 8.61. The van der Waals surface area contributed by atoms with Gasteiger partial charge < -0.3 is 9.84 Å². The predicted octanol–water partition coefficient (Wildman–Crippen LogP) is 0.939. The highest BCUT2D eigenvalue weighted by Crippen LogP contribution is 2.15. The molecule has 1 aromatic heterocycles. The van der Waals surface area contributed by atoms with Crippen molar-refractivity contribution in [1.82, 2.24) is 9.55 Å². The predicted molar refractivity (Wildman–Crippen MR) is 63.3 cm³/mol. The van der Waals surface area contributed by atoms with Crippen LogP contribution >= 0.6 is 0 Å². The summed E-state index contributed by atoms with van der Waals surface area (Å²) in [6.45, 7) is 0. The smallest absolute Gasteiger partial charge is 0.352 e. The molecule has 0 amide bonds. The van der Waals surface area contributed by atoms with Gasteiger partial charge in [0.2, 0.25) is 0 Å². The maximum Gasteiger partial charge on any atom is 0.352 e. The van der Waals surface area contributed by atoms with Gasteiger partial charge in [-0.2, -0.15) is 0 Å². The SMILES string of the molecule is COc1cccc(-n2cc(C(=O)O)cnc2=O)c1. The van der Waals surface area contributed by atoms with E-state index in [9.17, 15) is 9.59 Å². The van der Waals surface area contributed by atoms with E-state index >= 15 is 0 Å². The molecule has 1 heterocycles. The molecule has 2 aromatic rings. The van der Waals surface area contributed by atoms with Gasteiger partial charge in [-0.3, -0.25) is 4.57 Å². The fourth-order valence-corrected chi connectivity index (χ4v) is 1.47. The standard InChI is InChI=1S/C12H10N2O4/c1-18-10-4-2-3-9(5-10)14-7-8(11(15)16)6-13-12(14)17/h2-7H,1H3,(H,15,16). The molecule has 0 aliphatic rings. The van der Waals surface area contributed by atoms with E-state index in [-0.39, 0.29) is 5.56 Å². The summed E-state index contributed by atoms with van der Waals surface area (Å²) >= 11 is 0. The quantitative estimate of drug-likeness (QED) is 0.871. The normalized spacial score (nSPS) is 10.1. The molecule has 0 saturated carbocycles. The molecule has 1 aromatic carbocycles. The minimum absolute atomic E-state index is 0.0579. The third-order valence-corrected chi connectivity index (χ3v) is 2.37. The van der Waals surface area contributed by atoms with Gasteiger partial charge in [0.15, 0.2) is 0 Å². The number of hydrogen-bond acceptors (Lipinski definition) is 4. The van der Waals surface area contributed by atoms with E-state index in [0.29, 0.717) is 11.4 Å². The Kier molecular flexibility index (Phi) is 3.09. The minimum Gasteiger partial charge on any atom is -0.497 e. The van der Waals surface area contributed by atoms with Crippen LogP contribution in [0.2, 0.25) is 0 Å². The average molecular weight is 246 g/mol. The van der Waals surface area contributed by atoms with Crippen LogP contribution in [0.3, 0.4) is 0 Å².